The Hall–Kier alpha value is -4.00. The van der Waals surface area contributed by atoms with Crippen LogP contribution in [0.4, 0.5) is 5.69 Å². The molecular weight excluding hydrogens is 444 g/mol. The lowest BCUT2D eigenvalue weighted by Gasteiger charge is -2.13. The zero-order valence-corrected chi connectivity index (χ0v) is 19.8. The van der Waals surface area contributed by atoms with Gasteiger partial charge in [0, 0.05) is 31.5 Å². The first kappa shape index (κ1) is 24.1. The summed E-state index contributed by atoms with van der Waals surface area (Å²) in [5.41, 5.74) is 2.86. The second kappa shape index (κ2) is 11.9. The number of hydrogen-bond donors (Lipinski definition) is 2. The first-order valence-electron chi connectivity index (χ1n) is 11.8. The summed E-state index contributed by atoms with van der Waals surface area (Å²) in [7, 11) is 0. The smallest absolute Gasteiger partial charge is 0.231 e. The van der Waals surface area contributed by atoms with Crippen LogP contribution in [0.1, 0.15) is 30.9 Å². The van der Waals surface area contributed by atoms with Gasteiger partial charge >= 0.3 is 0 Å². The Labute approximate surface area is 205 Å². The minimum Gasteiger partial charge on any atom is -0.493 e. The van der Waals surface area contributed by atoms with Crippen LogP contribution in [0.3, 0.4) is 0 Å². The average Bonchev–Trinajstić information content (AvgIpc) is 3.32. The predicted molar refractivity (Wildman–Crippen MR) is 134 cm³/mol. The lowest BCUT2D eigenvalue weighted by molar-refractivity contribution is -0.122. The Morgan fingerprint density at radius 1 is 0.886 bits per heavy atom. The predicted octanol–water partition coefficient (Wildman–Crippen LogP) is 4.71. The van der Waals surface area contributed by atoms with Crippen LogP contribution in [-0.4, -0.2) is 25.2 Å². The lowest BCUT2D eigenvalue weighted by Crippen LogP contribution is -2.26. The minimum absolute atomic E-state index is 0.0904. The maximum absolute atomic E-state index is 12.4. The van der Waals surface area contributed by atoms with Gasteiger partial charge in [0.15, 0.2) is 11.5 Å². The number of carbonyl (C=O) groups is 2. The van der Waals surface area contributed by atoms with Gasteiger partial charge in [0.05, 0.1) is 6.61 Å². The quantitative estimate of drug-likeness (QED) is 0.420. The first-order chi connectivity index (χ1) is 17.0. The van der Waals surface area contributed by atoms with Gasteiger partial charge in [0.1, 0.15) is 5.75 Å². The van der Waals surface area contributed by atoms with E-state index in [-0.39, 0.29) is 37.4 Å². The Balaban J connectivity index is 1.14. The fraction of sp³-hybridized carbons (Fsp3) is 0.286. The number of amides is 2. The second-order valence-corrected chi connectivity index (χ2v) is 8.63. The number of anilines is 1. The molecule has 1 aliphatic rings. The molecule has 0 radical (unpaired) electrons. The molecule has 35 heavy (non-hydrogen) atoms. The molecule has 3 aromatic carbocycles. The standard InChI is InChI=1S/C28H30N2O5/c1-20(15-27(31)29-18-22-7-12-25-26(17-22)35-19-34-25)16-28(32)30-23-8-10-24(11-9-23)33-14-13-21-5-3-2-4-6-21/h2-12,17,20H,13-16,18-19H2,1H3,(H,29,31)(H,30,32)/t20-/m1/s1. The van der Waals surface area contributed by atoms with Gasteiger partial charge in [0.2, 0.25) is 18.6 Å². The van der Waals surface area contributed by atoms with E-state index in [1.807, 2.05) is 67.6 Å². The molecule has 0 aliphatic carbocycles. The third-order valence-corrected chi connectivity index (χ3v) is 5.63. The molecule has 0 fully saturated rings. The molecule has 7 nitrogen and oxygen atoms in total. The first-order valence-corrected chi connectivity index (χ1v) is 11.8. The van der Waals surface area contributed by atoms with Crippen molar-refractivity contribution >= 4 is 17.5 Å². The van der Waals surface area contributed by atoms with Crippen molar-refractivity contribution in [2.24, 2.45) is 5.92 Å². The van der Waals surface area contributed by atoms with Gasteiger partial charge < -0.3 is 24.8 Å². The van der Waals surface area contributed by atoms with Crippen molar-refractivity contribution in [2.45, 2.75) is 32.7 Å². The van der Waals surface area contributed by atoms with Crippen molar-refractivity contribution in [3.8, 4) is 17.2 Å². The number of rotatable bonds is 11. The molecule has 1 atom stereocenters. The Morgan fingerprint density at radius 2 is 1.63 bits per heavy atom. The van der Waals surface area contributed by atoms with E-state index in [9.17, 15) is 9.59 Å². The number of fused-ring (bicyclic) bond motifs is 1. The van der Waals surface area contributed by atoms with Crippen LogP contribution < -0.4 is 24.8 Å². The summed E-state index contributed by atoms with van der Waals surface area (Å²) < 4.78 is 16.4. The topological polar surface area (TPSA) is 85.9 Å². The lowest BCUT2D eigenvalue weighted by atomic mass is 10.0. The van der Waals surface area contributed by atoms with Gasteiger partial charge in [-0.05, 0) is 53.4 Å². The van der Waals surface area contributed by atoms with Crippen LogP contribution in [0, 0.1) is 5.92 Å². The van der Waals surface area contributed by atoms with Crippen molar-refractivity contribution in [3.05, 3.63) is 83.9 Å². The van der Waals surface area contributed by atoms with Gasteiger partial charge in [-0.3, -0.25) is 9.59 Å². The van der Waals surface area contributed by atoms with Crippen LogP contribution in [0.5, 0.6) is 17.2 Å². The Morgan fingerprint density at radius 3 is 2.43 bits per heavy atom. The highest BCUT2D eigenvalue weighted by Crippen LogP contribution is 2.32. The van der Waals surface area contributed by atoms with Crippen LogP contribution in [0.15, 0.2) is 72.8 Å². The van der Waals surface area contributed by atoms with E-state index in [0.29, 0.717) is 30.3 Å². The average molecular weight is 475 g/mol. The largest absolute Gasteiger partial charge is 0.493 e. The summed E-state index contributed by atoms with van der Waals surface area (Å²) in [4.78, 5) is 24.7. The summed E-state index contributed by atoms with van der Waals surface area (Å²) in [6.45, 7) is 3.10. The molecule has 0 saturated carbocycles. The van der Waals surface area contributed by atoms with Gasteiger partial charge in [-0.2, -0.15) is 0 Å². The number of benzene rings is 3. The SMILES string of the molecule is C[C@H](CC(=O)NCc1ccc2c(c1)OCO2)CC(=O)Nc1ccc(OCCc2ccccc2)cc1. The zero-order valence-electron chi connectivity index (χ0n) is 19.8. The highest BCUT2D eigenvalue weighted by Gasteiger charge is 2.16. The van der Waals surface area contributed by atoms with Crippen LogP contribution in [-0.2, 0) is 22.6 Å². The molecule has 2 N–H and O–H groups in total. The third-order valence-electron chi connectivity index (χ3n) is 5.63. The normalized spacial score (nSPS) is 12.6. The molecule has 0 bridgehead atoms. The van der Waals surface area contributed by atoms with Crippen molar-refractivity contribution < 1.29 is 23.8 Å². The van der Waals surface area contributed by atoms with E-state index in [4.69, 9.17) is 14.2 Å². The minimum atomic E-state index is -0.126. The summed E-state index contributed by atoms with van der Waals surface area (Å²) in [5.74, 6) is 1.84. The maximum Gasteiger partial charge on any atom is 0.231 e. The molecule has 1 heterocycles. The molecule has 0 saturated heterocycles. The van der Waals surface area contributed by atoms with Gasteiger partial charge in [-0.25, -0.2) is 0 Å². The van der Waals surface area contributed by atoms with Gasteiger partial charge in [-0.15, -0.1) is 0 Å². The molecule has 182 valence electrons. The molecule has 0 spiro atoms. The van der Waals surface area contributed by atoms with E-state index in [0.717, 1.165) is 17.7 Å². The molecule has 4 rings (SSSR count). The zero-order chi connectivity index (χ0) is 24.5. The number of ether oxygens (including phenoxy) is 3. The highest BCUT2D eigenvalue weighted by molar-refractivity contribution is 5.91. The van der Waals surface area contributed by atoms with E-state index < -0.39 is 0 Å². The molecule has 1 aliphatic heterocycles. The molecule has 0 aromatic heterocycles. The van der Waals surface area contributed by atoms with E-state index in [1.165, 1.54) is 5.56 Å². The fourth-order valence-corrected chi connectivity index (χ4v) is 3.81. The van der Waals surface area contributed by atoms with Crippen molar-refractivity contribution in [1.29, 1.82) is 0 Å². The van der Waals surface area contributed by atoms with E-state index in [1.54, 1.807) is 0 Å². The number of carbonyl (C=O) groups excluding carboxylic acids is 2. The van der Waals surface area contributed by atoms with Crippen LogP contribution >= 0.6 is 0 Å². The molecule has 7 heteroatoms. The summed E-state index contributed by atoms with van der Waals surface area (Å²) in [6.07, 6.45) is 1.36. The number of nitrogens with one attached hydrogen (secondary N) is 2. The van der Waals surface area contributed by atoms with E-state index >= 15 is 0 Å². The number of hydrogen-bond acceptors (Lipinski definition) is 5. The summed E-state index contributed by atoms with van der Waals surface area (Å²) >= 11 is 0. The third kappa shape index (κ3) is 7.50. The summed E-state index contributed by atoms with van der Waals surface area (Å²) in [5, 5.41) is 5.78. The fourth-order valence-electron chi connectivity index (χ4n) is 3.81. The molecule has 0 unspecified atom stereocenters. The van der Waals surface area contributed by atoms with Crippen LogP contribution in [0.25, 0.3) is 0 Å². The van der Waals surface area contributed by atoms with Crippen LogP contribution in [0.2, 0.25) is 0 Å². The van der Waals surface area contributed by atoms with E-state index in [2.05, 4.69) is 22.8 Å². The Kier molecular flexibility index (Phi) is 8.22. The van der Waals surface area contributed by atoms with Gasteiger partial charge in [0.25, 0.3) is 0 Å². The maximum atomic E-state index is 12.4. The monoisotopic (exact) mass is 474 g/mol. The van der Waals surface area contributed by atoms with Crippen molar-refractivity contribution in [3.63, 3.8) is 0 Å². The summed E-state index contributed by atoms with van der Waals surface area (Å²) in [6, 6.07) is 23.1. The van der Waals surface area contributed by atoms with Gasteiger partial charge in [-0.1, -0.05) is 43.3 Å². The van der Waals surface area contributed by atoms with Crippen molar-refractivity contribution in [2.75, 3.05) is 18.7 Å². The molecular formula is C28H30N2O5. The highest BCUT2D eigenvalue weighted by atomic mass is 16.7. The molecule has 3 aromatic rings. The van der Waals surface area contributed by atoms with Crippen molar-refractivity contribution in [1.82, 2.24) is 5.32 Å². The Bertz CT molecular complexity index is 1130. The second-order valence-electron chi connectivity index (χ2n) is 8.63. The molecule has 2 amide bonds.